The van der Waals surface area contributed by atoms with Gasteiger partial charge in [0.2, 0.25) is 0 Å². The average molecular weight is 312 g/mol. The second-order valence-corrected chi connectivity index (χ2v) is 5.35. The molecule has 116 valence electrons. The molecular formula is C13H20N4O3S. The molecule has 0 spiro atoms. The van der Waals surface area contributed by atoms with E-state index in [0.717, 1.165) is 11.3 Å². The lowest BCUT2D eigenvalue weighted by molar-refractivity contribution is 0.0509. The molecule has 1 aliphatic heterocycles. The van der Waals surface area contributed by atoms with Crippen molar-refractivity contribution in [3.63, 3.8) is 0 Å². The van der Waals surface area contributed by atoms with E-state index in [1.54, 1.807) is 16.5 Å². The van der Waals surface area contributed by atoms with Gasteiger partial charge in [0.25, 0.3) is 5.24 Å². The van der Waals surface area contributed by atoms with Gasteiger partial charge in [-0.25, -0.2) is 4.79 Å². The minimum absolute atomic E-state index is 0.00114. The van der Waals surface area contributed by atoms with Crippen LogP contribution in [0.15, 0.2) is 0 Å². The number of carbonyl (C=O) groups is 2. The van der Waals surface area contributed by atoms with Crippen LogP contribution in [0.3, 0.4) is 0 Å². The highest BCUT2D eigenvalue weighted by atomic mass is 32.1. The van der Waals surface area contributed by atoms with Crippen LogP contribution in [-0.4, -0.2) is 45.1 Å². The van der Waals surface area contributed by atoms with E-state index in [0.29, 0.717) is 31.7 Å². The molecule has 8 heteroatoms. The molecule has 21 heavy (non-hydrogen) atoms. The Labute approximate surface area is 128 Å². The molecule has 2 heterocycles. The molecule has 1 aromatic heterocycles. The number of carbonyl (C=O) groups excluding carboxylic acids is 2. The highest BCUT2D eigenvalue weighted by molar-refractivity contribution is 7.96. The Bertz CT molecular complexity index is 558. The van der Waals surface area contributed by atoms with E-state index in [1.807, 2.05) is 6.92 Å². The standard InChI is InChI=1S/C13H20N4O3S/c1-3-20-12(18)11-9-7-16(13(19)21)8(2)6-10(9)15-17(11)5-4-14/h8H,3-7,14H2,1-2H3,(H,19,21)/t8-/m1/s1. The number of amides is 1. The number of hydrogen-bond acceptors (Lipinski definition) is 5. The number of hydrogen-bond donors (Lipinski definition) is 2. The van der Waals surface area contributed by atoms with E-state index in [-0.39, 0.29) is 17.9 Å². The maximum Gasteiger partial charge on any atom is 0.356 e. The van der Waals surface area contributed by atoms with Crippen LogP contribution in [0.2, 0.25) is 0 Å². The predicted octanol–water partition coefficient (Wildman–Crippen LogP) is 0.815. The second-order valence-electron chi connectivity index (χ2n) is 4.97. The van der Waals surface area contributed by atoms with Gasteiger partial charge >= 0.3 is 5.97 Å². The van der Waals surface area contributed by atoms with Gasteiger partial charge < -0.3 is 15.4 Å². The molecule has 0 radical (unpaired) electrons. The van der Waals surface area contributed by atoms with Crippen LogP contribution >= 0.6 is 12.6 Å². The number of nitrogens with two attached hydrogens (primary N) is 1. The molecule has 7 nitrogen and oxygen atoms in total. The second kappa shape index (κ2) is 6.48. The Hall–Kier alpha value is -1.54. The van der Waals surface area contributed by atoms with Gasteiger partial charge in [0.1, 0.15) is 0 Å². The number of thiol groups is 1. The molecular weight excluding hydrogens is 292 g/mol. The van der Waals surface area contributed by atoms with Crippen LogP contribution in [0, 0.1) is 0 Å². The maximum absolute atomic E-state index is 12.2. The molecule has 1 aliphatic rings. The summed E-state index contributed by atoms with van der Waals surface area (Å²) in [7, 11) is 0. The first-order chi connectivity index (χ1) is 9.99. The van der Waals surface area contributed by atoms with E-state index in [2.05, 4.69) is 17.7 Å². The van der Waals surface area contributed by atoms with Gasteiger partial charge in [-0.3, -0.25) is 9.48 Å². The van der Waals surface area contributed by atoms with Gasteiger partial charge in [-0.1, -0.05) is 12.6 Å². The Kier molecular flexibility index (Phi) is 4.89. The van der Waals surface area contributed by atoms with Crippen molar-refractivity contribution in [1.82, 2.24) is 14.7 Å². The first-order valence-electron chi connectivity index (χ1n) is 6.94. The van der Waals surface area contributed by atoms with Crippen molar-refractivity contribution in [1.29, 1.82) is 0 Å². The van der Waals surface area contributed by atoms with Crippen molar-refractivity contribution < 1.29 is 14.3 Å². The summed E-state index contributed by atoms with van der Waals surface area (Å²) >= 11 is 3.89. The number of rotatable bonds is 4. The summed E-state index contributed by atoms with van der Waals surface area (Å²) < 4.78 is 6.68. The largest absolute Gasteiger partial charge is 0.461 e. The number of nitrogens with zero attached hydrogens (tertiary/aromatic N) is 3. The van der Waals surface area contributed by atoms with Crippen molar-refractivity contribution in [2.24, 2.45) is 5.73 Å². The van der Waals surface area contributed by atoms with Crippen LogP contribution in [0.5, 0.6) is 0 Å². The van der Waals surface area contributed by atoms with Crippen LogP contribution in [-0.2, 0) is 24.2 Å². The third-order valence-corrected chi connectivity index (χ3v) is 3.80. The highest BCUT2D eigenvalue weighted by Gasteiger charge is 2.33. The Morgan fingerprint density at radius 2 is 2.24 bits per heavy atom. The number of ether oxygens (including phenoxy) is 1. The third-order valence-electron chi connectivity index (χ3n) is 3.54. The number of esters is 1. The lowest BCUT2D eigenvalue weighted by atomic mass is 10.0. The third kappa shape index (κ3) is 3.06. The quantitative estimate of drug-likeness (QED) is 0.634. The number of fused-ring (bicyclic) bond motifs is 1. The molecule has 2 rings (SSSR count). The van der Waals surface area contributed by atoms with Crippen molar-refractivity contribution >= 4 is 23.8 Å². The number of aromatic nitrogens is 2. The normalized spacial score (nSPS) is 17.5. The smallest absolute Gasteiger partial charge is 0.356 e. The SMILES string of the molecule is CCOC(=O)c1c2c(nn1CCN)C[C@@H](C)N(C(=O)S)C2. The summed E-state index contributed by atoms with van der Waals surface area (Å²) in [6, 6.07) is -0.00114. The molecule has 0 saturated carbocycles. The summed E-state index contributed by atoms with van der Waals surface area (Å²) in [4.78, 5) is 25.4. The van der Waals surface area contributed by atoms with Crippen LogP contribution in [0.4, 0.5) is 4.79 Å². The topological polar surface area (TPSA) is 90.4 Å². The van der Waals surface area contributed by atoms with Crippen molar-refractivity contribution in [3.05, 3.63) is 17.0 Å². The molecule has 0 unspecified atom stereocenters. The zero-order valence-electron chi connectivity index (χ0n) is 12.2. The minimum atomic E-state index is -0.430. The van der Waals surface area contributed by atoms with Gasteiger partial charge in [0.15, 0.2) is 5.69 Å². The zero-order valence-corrected chi connectivity index (χ0v) is 13.1. The first kappa shape index (κ1) is 15.8. The summed E-state index contributed by atoms with van der Waals surface area (Å²) in [5, 5.41) is 4.15. The van der Waals surface area contributed by atoms with Crippen LogP contribution < -0.4 is 5.73 Å². The van der Waals surface area contributed by atoms with Crippen molar-refractivity contribution in [2.75, 3.05) is 13.2 Å². The summed E-state index contributed by atoms with van der Waals surface area (Å²) in [5.74, 6) is -0.430. The van der Waals surface area contributed by atoms with E-state index >= 15 is 0 Å². The van der Waals surface area contributed by atoms with E-state index in [1.165, 1.54) is 0 Å². The Morgan fingerprint density at radius 1 is 1.52 bits per heavy atom. The fraction of sp³-hybridized carbons (Fsp3) is 0.615. The molecule has 0 saturated heterocycles. The lowest BCUT2D eigenvalue weighted by Gasteiger charge is -2.31. The monoisotopic (exact) mass is 312 g/mol. The average Bonchev–Trinajstić information content (AvgIpc) is 2.75. The van der Waals surface area contributed by atoms with Gasteiger partial charge in [0, 0.05) is 24.6 Å². The summed E-state index contributed by atoms with van der Waals surface area (Å²) in [6.45, 7) is 5.09. The van der Waals surface area contributed by atoms with Gasteiger partial charge in [-0.15, -0.1) is 0 Å². The van der Waals surface area contributed by atoms with Crippen LogP contribution in [0.1, 0.15) is 35.6 Å². The molecule has 1 atom stereocenters. The first-order valence-corrected chi connectivity index (χ1v) is 7.39. The molecule has 1 amide bonds. The molecule has 1 aromatic rings. The molecule has 0 aliphatic carbocycles. The van der Waals surface area contributed by atoms with Crippen molar-refractivity contribution in [3.8, 4) is 0 Å². The Morgan fingerprint density at radius 3 is 2.81 bits per heavy atom. The maximum atomic E-state index is 12.2. The van der Waals surface area contributed by atoms with Crippen molar-refractivity contribution in [2.45, 2.75) is 39.4 Å². The highest BCUT2D eigenvalue weighted by Crippen LogP contribution is 2.27. The fourth-order valence-electron chi connectivity index (χ4n) is 2.56. The predicted molar refractivity (Wildman–Crippen MR) is 80.3 cm³/mol. The summed E-state index contributed by atoms with van der Waals surface area (Å²) in [5.41, 5.74) is 7.53. The molecule has 0 bridgehead atoms. The molecule has 0 aromatic carbocycles. The van der Waals surface area contributed by atoms with Gasteiger partial charge in [0.05, 0.1) is 25.4 Å². The summed E-state index contributed by atoms with van der Waals surface area (Å²) in [6.07, 6.45) is 0.589. The Balaban J connectivity index is 2.44. The zero-order chi connectivity index (χ0) is 15.6. The molecule has 2 N–H and O–H groups in total. The van der Waals surface area contributed by atoms with E-state index < -0.39 is 5.97 Å². The van der Waals surface area contributed by atoms with Gasteiger partial charge in [-0.2, -0.15) is 5.10 Å². The van der Waals surface area contributed by atoms with E-state index in [9.17, 15) is 9.59 Å². The lowest BCUT2D eigenvalue weighted by Crippen LogP contribution is -2.40. The fourth-order valence-corrected chi connectivity index (χ4v) is 2.83. The molecule has 0 fully saturated rings. The minimum Gasteiger partial charge on any atom is -0.461 e. The van der Waals surface area contributed by atoms with E-state index in [4.69, 9.17) is 10.5 Å². The van der Waals surface area contributed by atoms with Gasteiger partial charge in [-0.05, 0) is 13.8 Å². The van der Waals surface area contributed by atoms with Crippen LogP contribution in [0.25, 0.3) is 0 Å².